The van der Waals surface area contributed by atoms with Crippen molar-refractivity contribution in [3.05, 3.63) is 88.6 Å². The van der Waals surface area contributed by atoms with E-state index in [0.717, 1.165) is 33.8 Å². The predicted molar refractivity (Wildman–Crippen MR) is 131 cm³/mol. The summed E-state index contributed by atoms with van der Waals surface area (Å²) in [6.45, 7) is 2.77. The Morgan fingerprint density at radius 2 is 1.80 bits per heavy atom. The molecule has 0 radical (unpaired) electrons. The average Bonchev–Trinajstić information content (AvgIpc) is 3.33. The smallest absolute Gasteiger partial charge is 0.317 e. The number of hydrogen-bond acceptors (Lipinski definition) is 5. The molecule has 2 heterocycles. The van der Waals surface area contributed by atoms with Gasteiger partial charge < -0.3 is 20.9 Å². The van der Waals surface area contributed by atoms with Crippen LogP contribution in [-0.4, -0.2) is 53.0 Å². The van der Waals surface area contributed by atoms with Crippen LogP contribution in [0.1, 0.15) is 32.7 Å². The van der Waals surface area contributed by atoms with Crippen molar-refractivity contribution >= 4 is 29.4 Å². The number of urea groups is 1. The Bertz CT molecular complexity index is 1300. The lowest BCUT2D eigenvalue weighted by atomic mass is 10.0. The zero-order chi connectivity index (χ0) is 24.4. The quantitative estimate of drug-likeness (QED) is 0.594. The fraction of sp³-hybridized carbons (Fsp3) is 0.231. The van der Waals surface area contributed by atoms with Crippen LogP contribution in [0.15, 0.2) is 54.9 Å². The van der Waals surface area contributed by atoms with E-state index in [4.69, 9.17) is 5.73 Å². The topological polar surface area (TPSA) is 104 Å². The number of hydrogen-bond donors (Lipinski definition) is 2. The molecule has 1 fully saturated rings. The summed E-state index contributed by atoms with van der Waals surface area (Å²) >= 11 is 0. The molecule has 3 amide bonds. The lowest BCUT2D eigenvalue weighted by Crippen LogP contribution is -2.52. The maximum absolute atomic E-state index is 13.1. The molecule has 0 atom stereocenters. The van der Waals surface area contributed by atoms with E-state index in [-0.39, 0.29) is 11.8 Å². The van der Waals surface area contributed by atoms with Gasteiger partial charge in [0, 0.05) is 50.3 Å². The summed E-state index contributed by atoms with van der Waals surface area (Å²) in [7, 11) is 0. The summed E-state index contributed by atoms with van der Waals surface area (Å²) < 4.78 is 13.1. The Labute approximate surface area is 202 Å². The van der Waals surface area contributed by atoms with E-state index in [1.54, 1.807) is 35.5 Å². The number of carbonyl (C=O) groups is 2. The lowest BCUT2D eigenvalue weighted by molar-refractivity contribution is 0.1000. The molecule has 8 nitrogen and oxygen atoms in total. The minimum absolute atomic E-state index is 0.140. The molecule has 9 heteroatoms. The highest BCUT2D eigenvalue weighted by Gasteiger charge is 2.26. The van der Waals surface area contributed by atoms with Crippen molar-refractivity contribution < 1.29 is 14.0 Å². The van der Waals surface area contributed by atoms with Gasteiger partial charge in [0.2, 0.25) is 5.91 Å². The highest BCUT2D eigenvalue weighted by atomic mass is 19.1. The van der Waals surface area contributed by atoms with Gasteiger partial charge in [0.15, 0.2) is 0 Å². The number of primary amides is 1. The van der Waals surface area contributed by atoms with Gasteiger partial charge in [0.1, 0.15) is 18.0 Å². The molecule has 1 saturated heterocycles. The molecule has 3 aromatic rings. The van der Waals surface area contributed by atoms with Gasteiger partial charge >= 0.3 is 6.03 Å². The van der Waals surface area contributed by atoms with Crippen LogP contribution in [0.25, 0.3) is 11.6 Å². The van der Waals surface area contributed by atoms with Crippen molar-refractivity contribution in [3.8, 4) is 0 Å². The molecule has 1 aromatic heterocycles. The molecule has 0 unspecified atom stereocenters. The van der Waals surface area contributed by atoms with Crippen LogP contribution in [0.4, 0.5) is 15.0 Å². The molecule has 0 bridgehead atoms. The first-order valence-corrected chi connectivity index (χ1v) is 11.4. The number of allylic oxidation sites excluding steroid dienone is 1. The zero-order valence-corrected chi connectivity index (χ0v) is 19.1. The normalized spacial score (nSPS) is 14.9. The first-order valence-electron chi connectivity index (χ1n) is 11.4. The molecule has 2 aromatic carbocycles. The predicted octanol–water partition coefficient (Wildman–Crippen LogP) is 2.84. The molecule has 178 valence electrons. The van der Waals surface area contributed by atoms with Crippen LogP contribution >= 0.6 is 0 Å². The average molecular weight is 473 g/mol. The molecule has 5 rings (SSSR count). The van der Waals surface area contributed by atoms with E-state index in [2.05, 4.69) is 26.3 Å². The van der Waals surface area contributed by atoms with E-state index in [9.17, 15) is 14.0 Å². The second-order valence-electron chi connectivity index (χ2n) is 8.61. The van der Waals surface area contributed by atoms with E-state index in [1.165, 1.54) is 12.1 Å². The Hall–Kier alpha value is -4.27. The number of nitrogens with one attached hydrogen (secondary N) is 1. The summed E-state index contributed by atoms with van der Waals surface area (Å²) in [6.07, 6.45) is 4.30. The first kappa shape index (κ1) is 22.5. The Balaban J connectivity index is 1.24. The molecular weight excluding hydrogens is 447 g/mol. The van der Waals surface area contributed by atoms with Crippen LogP contribution < -0.4 is 16.0 Å². The second kappa shape index (κ2) is 9.54. The van der Waals surface area contributed by atoms with Crippen LogP contribution in [0.5, 0.6) is 0 Å². The molecule has 1 aliphatic carbocycles. The third-order valence-corrected chi connectivity index (χ3v) is 6.36. The van der Waals surface area contributed by atoms with Crippen molar-refractivity contribution in [2.75, 3.05) is 31.1 Å². The number of rotatable bonds is 5. The van der Waals surface area contributed by atoms with Gasteiger partial charge in [-0.15, -0.1) is 0 Å². The summed E-state index contributed by atoms with van der Waals surface area (Å²) in [5, 5.41) is 2.90. The molecule has 1 aliphatic heterocycles. The highest BCUT2D eigenvalue weighted by molar-refractivity contribution is 5.96. The van der Waals surface area contributed by atoms with E-state index >= 15 is 0 Å². The van der Waals surface area contributed by atoms with E-state index in [0.29, 0.717) is 44.7 Å². The maximum Gasteiger partial charge on any atom is 0.317 e. The van der Waals surface area contributed by atoms with Gasteiger partial charge in [-0.3, -0.25) is 4.79 Å². The third kappa shape index (κ3) is 4.84. The van der Waals surface area contributed by atoms with Crippen molar-refractivity contribution in [2.45, 2.75) is 13.0 Å². The number of halogens is 1. The molecule has 2 aliphatic rings. The Morgan fingerprint density at radius 3 is 2.54 bits per heavy atom. The monoisotopic (exact) mass is 472 g/mol. The minimum Gasteiger partial charge on any atom is -0.366 e. The van der Waals surface area contributed by atoms with Crippen molar-refractivity contribution in [1.82, 2.24) is 20.2 Å². The summed E-state index contributed by atoms with van der Waals surface area (Å²) in [4.78, 5) is 37.1. The number of amides is 3. The fourth-order valence-corrected chi connectivity index (χ4v) is 4.44. The summed E-state index contributed by atoms with van der Waals surface area (Å²) in [5.41, 5.74) is 10.7. The highest BCUT2D eigenvalue weighted by Crippen LogP contribution is 2.35. The van der Waals surface area contributed by atoms with Gasteiger partial charge in [-0.2, -0.15) is 0 Å². The molecule has 0 saturated carbocycles. The number of aromatic nitrogens is 2. The van der Waals surface area contributed by atoms with Gasteiger partial charge in [-0.05, 0) is 47.0 Å². The Morgan fingerprint density at radius 1 is 1.03 bits per heavy atom. The van der Waals surface area contributed by atoms with Crippen molar-refractivity contribution in [1.29, 1.82) is 0 Å². The van der Waals surface area contributed by atoms with Gasteiger partial charge in [-0.25, -0.2) is 19.2 Å². The number of benzene rings is 2. The van der Waals surface area contributed by atoms with E-state index in [1.807, 2.05) is 12.1 Å². The number of nitrogens with two attached hydrogens (primary N) is 1. The molecule has 35 heavy (non-hydrogen) atoms. The fourth-order valence-electron chi connectivity index (χ4n) is 4.44. The van der Waals surface area contributed by atoms with Crippen LogP contribution in [-0.2, 0) is 13.0 Å². The van der Waals surface area contributed by atoms with Crippen molar-refractivity contribution in [2.24, 2.45) is 5.73 Å². The third-order valence-electron chi connectivity index (χ3n) is 6.36. The number of anilines is 1. The zero-order valence-electron chi connectivity index (χ0n) is 19.1. The van der Waals surface area contributed by atoms with Crippen LogP contribution in [0.2, 0.25) is 0 Å². The molecule has 3 N–H and O–H groups in total. The molecular formula is C26H25FN6O2. The lowest BCUT2D eigenvalue weighted by Gasteiger charge is -2.36. The SMILES string of the molecule is NC(=O)c1cccc(C2=Cc3c(ncnc3N3CCN(C(=O)NCc4ccc(F)cc4)CC3)C2)c1. The van der Waals surface area contributed by atoms with Crippen LogP contribution in [0.3, 0.4) is 0 Å². The van der Waals surface area contributed by atoms with E-state index < -0.39 is 5.91 Å². The Kier molecular flexibility index (Phi) is 6.13. The number of nitrogens with zero attached hydrogens (tertiary/aromatic N) is 4. The number of carbonyl (C=O) groups excluding carboxylic acids is 2. The first-order chi connectivity index (χ1) is 17.0. The van der Waals surface area contributed by atoms with Gasteiger partial charge in [0.25, 0.3) is 0 Å². The number of piperazine rings is 1. The summed E-state index contributed by atoms with van der Waals surface area (Å²) in [6, 6.07) is 13.2. The van der Waals surface area contributed by atoms with Crippen molar-refractivity contribution in [3.63, 3.8) is 0 Å². The number of fused-ring (bicyclic) bond motifs is 1. The van der Waals surface area contributed by atoms with Crippen LogP contribution in [0, 0.1) is 5.82 Å². The molecule has 0 spiro atoms. The summed E-state index contributed by atoms with van der Waals surface area (Å²) in [5.74, 6) is 0.0963. The second-order valence-corrected chi connectivity index (χ2v) is 8.61. The van der Waals surface area contributed by atoms with Gasteiger partial charge in [-0.1, -0.05) is 24.3 Å². The minimum atomic E-state index is -0.456. The maximum atomic E-state index is 13.1. The van der Waals surface area contributed by atoms with Gasteiger partial charge in [0.05, 0.1) is 5.69 Å². The largest absolute Gasteiger partial charge is 0.366 e. The standard InChI is InChI=1S/C26H25FN6O2/c27-21-6-4-17(5-7-21)15-29-26(35)33-10-8-32(9-11-33)25-22-13-20(14-23(22)30-16-31-25)18-2-1-3-19(12-18)24(28)34/h1-7,12-13,16H,8-11,14-15H2,(H2,28,34)(H,29,35).